The largest absolute Gasteiger partial charge is 0.497 e. The van der Waals surface area contributed by atoms with Gasteiger partial charge in [0.2, 0.25) is 5.91 Å². The highest BCUT2D eigenvalue weighted by atomic mass is 16.5. The number of amides is 1. The lowest BCUT2D eigenvalue weighted by Crippen LogP contribution is -2.56. The molecule has 0 saturated carbocycles. The summed E-state index contributed by atoms with van der Waals surface area (Å²) in [7, 11) is 1.64. The quantitative estimate of drug-likeness (QED) is 0.896. The number of carbonyl (C=O) groups excluding carboxylic acids is 1. The Morgan fingerprint density at radius 3 is 3.00 bits per heavy atom. The summed E-state index contributed by atoms with van der Waals surface area (Å²) in [5.74, 6) is 0.987. The van der Waals surface area contributed by atoms with Crippen LogP contribution in [0.1, 0.15) is 19.4 Å². The van der Waals surface area contributed by atoms with Gasteiger partial charge < -0.3 is 15.0 Å². The Morgan fingerprint density at radius 2 is 2.26 bits per heavy atom. The number of nitrogens with one attached hydrogen (secondary N) is 1. The standard InChI is InChI=1S/C15H22N2O2/c1-11-10-17(12(2)9-16-11)15(18)8-13-5-4-6-14(7-13)19-3/h4-7,11-12,16H,8-10H2,1-3H3. The summed E-state index contributed by atoms with van der Waals surface area (Å²) < 4.78 is 5.19. The number of benzene rings is 1. The summed E-state index contributed by atoms with van der Waals surface area (Å²) in [6.07, 6.45) is 0.439. The molecule has 2 rings (SSSR count). The van der Waals surface area contributed by atoms with E-state index in [1.807, 2.05) is 29.2 Å². The first-order chi connectivity index (χ1) is 9.10. The van der Waals surface area contributed by atoms with Crippen molar-refractivity contribution in [2.75, 3.05) is 20.2 Å². The molecule has 1 amide bonds. The molecule has 0 bridgehead atoms. The fourth-order valence-corrected chi connectivity index (χ4v) is 2.43. The number of piperazine rings is 1. The van der Waals surface area contributed by atoms with Gasteiger partial charge in [0.15, 0.2) is 0 Å². The van der Waals surface area contributed by atoms with Crippen LogP contribution in [-0.4, -0.2) is 43.1 Å². The van der Waals surface area contributed by atoms with Crippen LogP contribution >= 0.6 is 0 Å². The number of nitrogens with zero attached hydrogens (tertiary/aromatic N) is 1. The molecule has 4 heteroatoms. The van der Waals surface area contributed by atoms with Crippen LogP contribution in [-0.2, 0) is 11.2 Å². The van der Waals surface area contributed by atoms with E-state index in [2.05, 4.69) is 19.2 Å². The van der Waals surface area contributed by atoms with Crippen LogP contribution in [0.5, 0.6) is 5.75 Å². The molecule has 0 radical (unpaired) electrons. The Morgan fingerprint density at radius 1 is 1.47 bits per heavy atom. The van der Waals surface area contributed by atoms with Crippen molar-refractivity contribution < 1.29 is 9.53 Å². The predicted octanol–water partition coefficient (Wildman–Crippen LogP) is 1.45. The van der Waals surface area contributed by atoms with E-state index < -0.39 is 0 Å². The zero-order chi connectivity index (χ0) is 13.8. The first-order valence-corrected chi connectivity index (χ1v) is 6.76. The Balaban J connectivity index is 2.03. The highest BCUT2D eigenvalue weighted by molar-refractivity contribution is 5.79. The van der Waals surface area contributed by atoms with Gasteiger partial charge in [-0.1, -0.05) is 12.1 Å². The zero-order valence-corrected chi connectivity index (χ0v) is 11.8. The van der Waals surface area contributed by atoms with E-state index in [4.69, 9.17) is 4.74 Å². The second-order valence-corrected chi connectivity index (χ2v) is 5.23. The highest BCUT2D eigenvalue weighted by Crippen LogP contribution is 2.15. The van der Waals surface area contributed by atoms with Crippen molar-refractivity contribution in [1.82, 2.24) is 10.2 Å². The van der Waals surface area contributed by atoms with Crippen LogP contribution in [0.2, 0.25) is 0 Å². The third-order valence-electron chi connectivity index (χ3n) is 3.57. The van der Waals surface area contributed by atoms with E-state index in [0.717, 1.165) is 24.4 Å². The van der Waals surface area contributed by atoms with Gasteiger partial charge in [-0.15, -0.1) is 0 Å². The summed E-state index contributed by atoms with van der Waals surface area (Å²) in [6, 6.07) is 8.33. The Bertz CT molecular complexity index is 448. The molecule has 0 spiro atoms. The van der Waals surface area contributed by atoms with Crippen LogP contribution in [0.25, 0.3) is 0 Å². The monoisotopic (exact) mass is 262 g/mol. The maximum atomic E-state index is 12.4. The molecule has 1 heterocycles. The van der Waals surface area contributed by atoms with Crippen molar-refractivity contribution in [2.45, 2.75) is 32.4 Å². The van der Waals surface area contributed by atoms with Gasteiger partial charge in [-0.05, 0) is 31.5 Å². The first-order valence-electron chi connectivity index (χ1n) is 6.76. The van der Waals surface area contributed by atoms with E-state index in [0.29, 0.717) is 12.5 Å². The second kappa shape index (κ2) is 6.06. The lowest BCUT2D eigenvalue weighted by Gasteiger charge is -2.37. The molecule has 1 aromatic carbocycles. The summed E-state index contributed by atoms with van der Waals surface area (Å²) >= 11 is 0. The summed E-state index contributed by atoms with van der Waals surface area (Å²) in [4.78, 5) is 14.4. The van der Waals surface area contributed by atoms with E-state index in [-0.39, 0.29) is 11.9 Å². The highest BCUT2D eigenvalue weighted by Gasteiger charge is 2.26. The normalized spacial score (nSPS) is 23.2. The van der Waals surface area contributed by atoms with Crippen LogP contribution in [0.3, 0.4) is 0 Å². The summed E-state index contributed by atoms with van der Waals surface area (Å²) in [6.45, 7) is 5.84. The van der Waals surface area contributed by atoms with E-state index in [1.54, 1.807) is 7.11 Å². The molecular formula is C15H22N2O2. The van der Waals surface area contributed by atoms with E-state index in [1.165, 1.54) is 0 Å². The molecule has 0 aliphatic carbocycles. The number of rotatable bonds is 3. The summed E-state index contributed by atoms with van der Waals surface area (Å²) in [5.41, 5.74) is 1.00. The van der Waals surface area contributed by atoms with Gasteiger partial charge in [0.25, 0.3) is 0 Å². The lowest BCUT2D eigenvalue weighted by molar-refractivity contribution is -0.133. The molecule has 1 aliphatic heterocycles. The maximum absolute atomic E-state index is 12.4. The molecule has 1 fully saturated rings. The average Bonchev–Trinajstić information content (AvgIpc) is 2.41. The smallest absolute Gasteiger partial charge is 0.227 e. The number of ether oxygens (including phenoxy) is 1. The van der Waals surface area contributed by atoms with Crippen molar-refractivity contribution in [2.24, 2.45) is 0 Å². The minimum absolute atomic E-state index is 0.189. The zero-order valence-electron chi connectivity index (χ0n) is 11.8. The number of hydrogen-bond donors (Lipinski definition) is 1. The fourth-order valence-electron chi connectivity index (χ4n) is 2.43. The molecular weight excluding hydrogens is 240 g/mol. The molecule has 1 saturated heterocycles. The van der Waals surface area contributed by atoms with Gasteiger partial charge in [0.1, 0.15) is 5.75 Å². The van der Waals surface area contributed by atoms with Gasteiger partial charge in [-0.25, -0.2) is 0 Å². The maximum Gasteiger partial charge on any atom is 0.227 e. The van der Waals surface area contributed by atoms with E-state index >= 15 is 0 Å². The van der Waals surface area contributed by atoms with Gasteiger partial charge in [0, 0.05) is 25.2 Å². The topological polar surface area (TPSA) is 41.6 Å². The second-order valence-electron chi connectivity index (χ2n) is 5.23. The average molecular weight is 262 g/mol. The number of carbonyl (C=O) groups is 1. The Hall–Kier alpha value is -1.55. The molecule has 1 aliphatic rings. The molecule has 1 N–H and O–H groups in total. The third-order valence-corrected chi connectivity index (χ3v) is 3.57. The number of hydrogen-bond acceptors (Lipinski definition) is 3. The summed E-state index contributed by atoms with van der Waals surface area (Å²) in [5, 5.41) is 3.38. The van der Waals surface area contributed by atoms with Crippen molar-refractivity contribution in [1.29, 1.82) is 0 Å². The predicted molar refractivity (Wildman–Crippen MR) is 75.3 cm³/mol. The number of methoxy groups -OCH3 is 1. The molecule has 4 nitrogen and oxygen atoms in total. The molecule has 19 heavy (non-hydrogen) atoms. The lowest BCUT2D eigenvalue weighted by atomic mass is 10.1. The molecule has 1 aromatic rings. The van der Waals surface area contributed by atoms with Crippen molar-refractivity contribution in [3.8, 4) is 5.75 Å². The van der Waals surface area contributed by atoms with Crippen LogP contribution in [0.15, 0.2) is 24.3 Å². The molecule has 2 atom stereocenters. The van der Waals surface area contributed by atoms with Crippen molar-refractivity contribution >= 4 is 5.91 Å². The minimum Gasteiger partial charge on any atom is -0.497 e. The van der Waals surface area contributed by atoms with Gasteiger partial charge in [-0.2, -0.15) is 0 Å². The SMILES string of the molecule is COc1cccc(CC(=O)N2CC(C)NCC2C)c1. The van der Waals surface area contributed by atoms with Gasteiger partial charge in [-0.3, -0.25) is 4.79 Å². The molecule has 0 aromatic heterocycles. The van der Waals surface area contributed by atoms with Crippen molar-refractivity contribution in [3.05, 3.63) is 29.8 Å². The third kappa shape index (κ3) is 3.47. The fraction of sp³-hybridized carbons (Fsp3) is 0.533. The van der Waals surface area contributed by atoms with Crippen LogP contribution < -0.4 is 10.1 Å². The Labute approximate surface area is 114 Å². The van der Waals surface area contributed by atoms with Crippen molar-refractivity contribution in [3.63, 3.8) is 0 Å². The minimum atomic E-state index is 0.189. The molecule has 104 valence electrons. The Kier molecular flexibility index (Phi) is 4.43. The van der Waals surface area contributed by atoms with Gasteiger partial charge >= 0.3 is 0 Å². The molecule has 2 unspecified atom stereocenters. The van der Waals surface area contributed by atoms with Crippen LogP contribution in [0, 0.1) is 0 Å². The van der Waals surface area contributed by atoms with Crippen LogP contribution in [0.4, 0.5) is 0 Å². The first kappa shape index (κ1) is 13.9. The van der Waals surface area contributed by atoms with Gasteiger partial charge in [0.05, 0.1) is 13.5 Å². The van der Waals surface area contributed by atoms with E-state index in [9.17, 15) is 4.79 Å².